The smallest absolute Gasteiger partial charge is 0.337 e. The van der Waals surface area contributed by atoms with Crippen molar-refractivity contribution in [1.29, 1.82) is 0 Å². The Kier molecular flexibility index (Phi) is 2.22. The molecule has 0 aromatic carbocycles. The van der Waals surface area contributed by atoms with E-state index in [9.17, 15) is 19.8 Å². The minimum Gasteiger partial charge on any atom is -0.479 e. The third-order valence-corrected chi connectivity index (χ3v) is 4.24. The second-order valence-electron chi connectivity index (χ2n) is 5.28. The summed E-state index contributed by atoms with van der Waals surface area (Å²) in [6.45, 7) is 4.89. The molecule has 0 aromatic heterocycles. The van der Waals surface area contributed by atoms with Gasteiger partial charge in [0.1, 0.15) is 0 Å². The monoisotopic (exact) mass is 232 g/mol. The quantitative estimate of drug-likeness (QED) is 0.519. The zero-order valence-electron chi connectivity index (χ0n) is 9.61. The van der Waals surface area contributed by atoms with Crippen LogP contribution in [-0.4, -0.2) is 43.6 Å². The van der Waals surface area contributed by atoms with Gasteiger partial charge in [0, 0.05) is 10.8 Å². The number of aliphatic carboxylic acids is 2. The van der Waals surface area contributed by atoms with Crippen LogP contribution < -0.4 is 0 Å². The van der Waals surface area contributed by atoms with E-state index in [-0.39, 0.29) is 0 Å². The summed E-state index contributed by atoms with van der Waals surface area (Å²) in [7, 11) is 0. The van der Waals surface area contributed by atoms with Gasteiger partial charge < -0.3 is 20.4 Å². The van der Waals surface area contributed by atoms with Crippen molar-refractivity contribution in [2.45, 2.75) is 38.9 Å². The van der Waals surface area contributed by atoms with Crippen molar-refractivity contribution in [2.24, 2.45) is 10.8 Å². The molecule has 0 heterocycles. The molecule has 0 saturated heterocycles. The van der Waals surface area contributed by atoms with Crippen LogP contribution >= 0.6 is 0 Å². The fourth-order valence-electron chi connectivity index (χ4n) is 3.09. The highest BCUT2D eigenvalue weighted by Gasteiger charge is 2.86. The molecule has 1 rings (SSSR count). The molecule has 0 aliphatic heterocycles. The van der Waals surface area contributed by atoms with E-state index < -0.39 is 34.0 Å². The van der Waals surface area contributed by atoms with Gasteiger partial charge in [0.15, 0.2) is 11.2 Å². The van der Waals surface area contributed by atoms with Gasteiger partial charge in [-0.05, 0) is 0 Å². The Morgan fingerprint density at radius 1 is 0.750 bits per heavy atom. The van der Waals surface area contributed by atoms with Crippen LogP contribution in [-0.2, 0) is 9.59 Å². The first-order valence-electron chi connectivity index (χ1n) is 4.80. The van der Waals surface area contributed by atoms with E-state index in [1.807, 2.05) is 0 Å². The molecule has 0 aromatic rings. The van der Waals surface area contributed by atoms with Gasteiger partial charge in [0.05, 0.1) is 0 Å². The molecule has 6 nitrogen and oxygen atoms in total. The molecule has 1 fully saturated rings. The lowest BCUT2D eigenvalue weighted by atomic mass is 9.35. The van der Waals surface area contributed by atoms with Crippen LogP contribution in [0.4, 0.5) is 0 Å². The lowest BCUT2D eigenvalue weighted by Gasteiger charge is -2.69. The Bertz CT molecular complexity index is 320. The first kappa shape index (κ1) is 12.9. The van der Waals surface area contributed by atoms with Crippen LogP contribution in [0.15, 0.2) is 0 Å². The fraction of sp³-hybridized carbons (Fsp3) is 0.800. The van der Waals surface area contributed by atoms with Crippen LogP contribution in [0.2, 0.25) is 0 Å². The number of carboxylic acid groups (broad SMARTS) is 2. The highest BCUT2D eigenvalue weighted by atomic mass is 16.4. The average molecular weight is 232 g/mol. The van der Waals surface area contributed by atoms with E-state index in [1.54, 1.807) is 0 Å². The van der Waals surface area contributed by atoms with E-state index >= 15 is 0 Å². The molecule has 0 amide bonds. The summed E-state index contributed by atoms with van der Waals surface area (Å²) in [6, 6.07) is 0. The van der Waals surface area contributed by atoms with E-state index in [0.717, 1.165) is 0 Å². The normalized spacial score (nSPS) is 39.9. The molecule has 0 radical (unpaired) electrons. The molecule has 4 N–H and O–H groups in total. The van der Waals surface area contributed by atoms with E-state index in [0.29, 0.717) is 0 Å². The highest BCUT2D eigenvalue weighted by molar-refractivity contribution is 5.92. The molecule has 6 heteroatoms. The average Bonchev–Trinajstić information content (AvgIpc) is 2.12. The predicted molar refractivity (Wildman–Crippen MR) is 52.7 cm³/mol. The number of hydrogen-bond donors (Lipinski definition) is 4. The first-order chi connectivity index (χ1) is 6.89. The van der Waals surface area contributed by atoms with E-state index in [4.69, 9.17) is 10.2 Å². The van der Waals surface area contributed by atoms with Crippen molar-refractivity contribution in [3.8, 4) is 0 Å². The summed E-state index contributed by atoms with van der Waals surface area (Å²) in [5, 5.41) is 38.3. The van der Waals surface area contributed by atoms with Crippen LogP contribution in [0, 0.1) is 10.8 Å². The topological polar surface area (TPSA) is 115 Å². The van der Waals surface area contributed by atoms with Crippen LogP contribution in [0.1, 0.15) is 27.7 Å². The molecule has 1 aliphatic carbocycles. The van der Waals surface area contributed by atoms with Crippen molar-refractivity contribution in [3.63, 3.8) is 0 Å². The molecule has 0 spiro atoms. The second kappa shape index (κ2) is 2.75. The molecule has 1 aliphatic rings. The van der Waals surface area contributed by atoms with Gasteiger partial charge in [0.25, 0.3) is 0 Å². The van der Waals surface area contributed by atoms with Crippen molar-refractivity contribution < 1.29 is 30.0 Å². The van der Waals surface area contributed by atoms with Gasteiger partial charge in [-0.15, -0.1) is 0 Å². The Balaban J connectivity index is 3.46. The number of rotatable bonds is 2. The summed E-state index contributed by atoms with van der Waals surface area (Å²) in [5.74, 6) is -3.07. The maximum Gasteiger partial charge on any atom is 0.337 e. The summed E-state index contributed by atoms with van der Waals surface area (Å²) in [4.78, 5) is 22.2. The maximum atomic E-state index is 11.1. The lowest BCUT2D eigenvalue weighted by molar-refractivity contribution is -0.354. The zero-order valence-corrected chi connectivity index (χ0v) is 9.61. The molecule has 0 unspecified atom stereocenters. The SMILES string of the molecule is CC1(C)C(O)(C(=O)O)C(C)(C)C1(O)C(=O)O. The van der Waals surface area contributed by atoms with Crippen molar-refractivity contribution >= 4 is 11.9 Å². The molecule has 0 atom stereocenters. The van der Waals surface area contributed by atoms with Gasteiger partial charge in [0.2, 0.25) is 0 Å². The molecule has 92 valence electrons. The summed E-state index contributed by atoms with van der Waals surface area (Å²) >= 11 is 0. The van der Waals surface area contributed by atoms with Crippen LogP contribution in [0.3, 0.4) is 0 Å². The van der Waals surface area contributed by atoms with Gasteiger partial charge >= 0.3 is 11.9 Å². The third kappa shape index (κ3) is 0.824. The molecule has 1 saturated carbocycles. The van der Waals surface area contributed by atoms with Gasteiger partial charge in [-0.3, -0.25) is 0 Å². The van der Waals surface area contributed by atoms with Crippen LogP contribution in [0.5, 0.6) is 0 Å². The third-order valence-electron chi connectivity index (χ3n) is 4.24. The zero-order chi connectivity index (χ0) is 13.2. The fourth-order valence-corrected chi connectivity index (χ4v) is 3.09. The highest BCUT2D eigenvalue weighted by Crippen LogP contribution is 2.68. The molecule has 0 bridgehead atoms. The largest absolute Gasteiger partial charge is 0.479 e. The number of aliphatic hydroxyl groups is 2. The number of carboxylic acids is 2. The Labute approximate surface area is 92.5 Å². The Morgan fingerprint density at radius 3 is 1.06 bits per heavy atom. The summed E-state index contributed by atoms with van der Waals surface area (Å²) in [6.07, 6.45) is 0. The minimum absolute atomic E-state index is 1.22. The van der Waals surface area contributed by atoms with E-state index in [1.165, 1.54) is 27.7 Å². The lowest BCUT2D eigenvalue weighted by Crippen LogP contribution is -2.88. The van der Waals surface area contributed by atoms with Crippen LogP contribution in [0.25, 0.3) is 0 Å². The van der Waals surface area contributed by atoms with Gasteiger partial charge in [-0.25, -0.2) is 9.59 Å². The molecular formula is C10H16O6. The van der Waals surface area contributed by atoms with Crippen molar-refractivity contribution in [3.05, 3.63) is 0 Å². The standard InChI is InChI=1S/C10H16O6/c1-7(2)9(15,5(11)12)8(3,4)10(7,16)6(13)14/h15-16H,1-4H3,(H,11,12)(H,13,14). The van der Waals surface area contributed by atoms with E-state index in [2.05, 4.69) is 0 Å². The number of hydrogen-bond acceptors (Lipinski definition) is 4. The molecular weight excluding hydrogens is 216 g/mol. The Morgan fingerprint density at radius 2 is 0.938 bits per heavy atom. The predicted octanol–water partition coefficient (Wildman–Crippen LogP) is -0.316. The van der Waals surface area contributed by atoms with Crippen molar-refractivity contribution in [1.82, 2.24) is 0 Å². The summed E-state index contributed by atoms with van der Waals surface area (Å²) < 4.78 is 0. The first-order valence-corrected chi connectivity index (χ1v) is 4.80. The minimum atomic E-state index is -2.28. The maximum absolute atomic E-state index is 11.1. The number of carbonyl (C=O) groups is 2. The summed E-state index contributed by atoms with van der Waals surface area (Å²) in [5.41, 5.74) is -7.93. The van der Waals surface area contributed by atoms with Gasteiger partial charge in [-0.1, -0.05) is 27.7 Å². The second-order valence-corrected chi connectivity index (χ2v) is 5.28. The van der Waals surface area contributed by atoms with Crippen molar-refractivity contribution in [2.75, 3.05) is 0 Å². The molecule has 16 heavy (non-hydrogen) atoms. The van der Waals surface area contributed by atoms with Gasteiger partial charge in [-0.2, -0.15) is 0 Å². The Hall–Kier alpha value is -1.14.